The Hall–Kier alpha value is -2.41. The van der Waals surface area contributed by atoms with Gasteiger partial charge < -0.3 is 14.5 Å². The highest BCUT2D eigenvalue weighted by molar-refractivity contribution is 6.08. The monoisotopic (exact) mass is 370 g/mol. The molecule has 5 rings (SSSR count). The second-order valence-electron chi connectivity index (χ2n) is 7.75. The Bertz CT molecular complexity index is 907. The molecule has 1 aliphatic carbocycles. The molecule has 3 heterocycles. The fourth-order valence-electron chi connectivity index (χ4n) is 4.39. The van der Waals surface area contributed by atoms with Crippen LogP contribution >= 0.6 is 0 Å². The van der Waals surface area contributed by atoms with Gasteiger partial charge in [0.25, 0.3) is 5.91 Å². The molecule has 0 unspecified atom stereocenters. The van der Waals surface area contributed by atoms with Crippen molar-refractivity contribution in [1.29, 1.82) is 0 Å². The summed E-state index contributed by atoms with van der Waals surface area (Å²) < 4.78 is 20.5. The van der Waals surface area contributed by atoms with E-state index in [9.17, 15) is 9.18 Å². The first-order valence-corrected chi connectivity index (χ1v) is 9.64. The van der Waals surface area contributed by atoms with Gasteiger partial charge in [-0.3, -0.25) is 9.89 Å². The quantitative estimate of drug-likeness (QED) is 0.882. The summed E-state index contributed by atoms with van der Waals surface area (Å²) in [5.41, 5.74) is 3.42. The number of aromatic nitrogens is 2. The zero-order chi connectivity index (χ0) is 18.7. The number of halogens is 1. The molecule has 1 amide bonds. The molecule has 2 aromatic rings. The Morgan fingerprint density at radius 2 is 2.11 bits per heavy atom. The number of carbonyl (C=O) groups excluding carboxylic acids is 1. The van der Waals surface area contributed by atoms with E-state index in [0.29, 0.717) is 42.6 Å². The zero-order valence-electron chi connectivity index (χ0n) is 15.5. The number of rotatable bonds is 2. The van der Waals surface area contributed by atoms with Crippen molar-refractivity contribution >= 4 is 17.3 Å². The summed E-state index contributed by atoms with van der Waals surface area (Å²) in [7, 11) is 0. The maximum atomic E-state index is 14.6. The minimum absolute atomic E-state index is 0.0353. The van der Waals surface area contributed by atoms with Gasteiger partial charge in [-0.2, -0.15) is 5.10 Å². The highest BCUT2D eigenvalue weighted by Crippen LogP contribution is 2.42. The van der Waals surface area contributed by atoms with Crippen LogP contribution in [0.25, 0.3) is 0 Å². The first kappa shape index (κ1) is 16.7. The summed E-state index contributed by atoms with van der Waals surface area (Å²) in [5.74, 6) is -0.437. The van der Waals surface area contributed by atoms with Crippen LogP contribution in [0.5, 0.6) is 0 Å². The number of amides is 1. The lowest BCUT2D eigenvalue weighted by Gasteiger charge is -2.38. The van der Waals surface area contributed by atoms with E-state index in [4.69, 9.17) is 4.74 Å². The number of anilines is 2. The number of fused-ring (bicyclic) bond motifs is 2. The second-order valence-corrected chi connectivity index (χ2v) is 7.75. The Labute approximate surface area is 157 Å². The topological polar surface area (TPSA) is 61.5 Å². The van der Waals surface area contributed by atoms with Gasteiger partial charge in [0.15, 0.2) is 5.69 Å². The number of hydrogen-bond acceptors (Lipinski definition) is 4. The first-order valence-electron chi connectivity index (χ1n) is 9.64. The minimum atomic E-state index is -0.267. The molecule has 1 N–H and O–H groups in total. The molecule has 142 valence electrons. The molecule has 3 aliphatic rings. The molecule has 27 heavy (non-hydrogen) atoms. The number of aromatic amines is 1. The van der Waals surface area contributed by atoms with E-state index in [1.54, 1.807) is 11.0 Å². The van der Waals surface area contributed by atoms with E-state index in [0.717, 1.165) is 24.1 Å². The van der Waals surface area contributed by atoms with Crippen LogP contribution in [0.3, 0.4) is 0 Å². The number of benzene rings is 1. The lowest BCUT2D eigenvalue weighted by atomic mass is 9.99. The number of H-pyrrole nitrogens is 1. The summed E-state index contributed by atoms with van der Waals surface area (Å²) >= 11 is 0. The van der Waals surface area contributed by atoms with Gasteiger partial charge in [-0.15, -0.1) is 0 Å². The van der Waals surface area contributed by atoms with Crippen molar-refractivity contribution in [3.63, 3.8) is 0 Å². The average molecular weight is 370 g/mol. The molecule has 1 saturated carbocycles. The van der Waals surface area contributed by atoms with Crippen molar-refractivity contribution in [2.24, 2.45) is 0 Å². The lowest BCUT2D eigenvalue weighted by Crippen LogP contribution is -2.45. The average Bonchev–Trinajstić information content (AvgIpc) is 3.40. The summed E-state index contributed by atoms with van der Waals surface area (Å²) in [6.45, 7) is 5.14. The van der Waals surface area contributed by atoms with Crippen LogP contribution in [-0.4, -0.2) is 41.3 Å². The normalized spacial score (nSPS) is 24.6. The van der Waals surface area contributed by atoms with Crippen molar-refractivity contribution in [3.8, 4) is 0 Å². The Morgan fingerprint density at radius 3 is 2.89 bits per heavy atom. The number of carbonyl (C=O) groups is 1. The molecule has 0 radical (unpaired) electrons. The van der Waals surface area contributed by atoms with E-state index in [-0.39, 0.29) is 23.9 Å². The minimum Gasteiger partial charge on any atom is -0.369 e. The van der Waals surface area contributed by atoms with Crippen LogP contribution in [0.2, 0.25) is 0 Å². The van der Waals surface area contributed by atoms with Gasteiger partial charge in [0.05, 0.1) is 29.3 Å². The van der Waals surface area contributed by atoms with Crippen molar-refractivity contribution in [2.45, 2.75) is 51.4 Å². The second kappa shape index (κ2) is 6.05. The highest BCUT2D eigenvalue weighted by atomic mass is 19.1. The van der Waals surface area contributed by atoms with Crippen molar-refractivity contribution in [3.05, 3.63) is 41.0 Å². The SMILES string of the molecule is C[C@@H]1Cc2c(C(=O)N3CCN(C4CC4)c4c(F)cccc43)n[nH]c2[C@H](C)O1. The van der Waals surface area contributed by atoms with Gasteiger partial charge in [0.2, 0.25) is 0 Å². The predicted octanol–water partition coefficient (Wildman–Crippen LogP) is 3.20. The van der Waals surface area contributed by atoms with Crippen molar-refractivity contribution < 1.29 is 13.9 Å². The van der Waals surface area contributed by atoms with Crippen LogP contribution in [0.1, 0.15) is 54.5 Å². The van der Waals surface area contributed by atoms with Crippen LogP contribution < -0.4 is 9.80 Å². The molecule has 1 aromatic heterocycles. The molecule has 6 nitrogen and oxygen atoms in total. The number of nitrogens with zero attached hydrogens (tertiary/aromatic N) is 3. The Balaban J connectivity index is 1.54. The number of para-hydroxylation sites is 1. The lowest BCUT2D eigenvalue weighted by molar-refractivity contribution is -0.00696. The highest BCUT2D eigenvalue weighted by Gasteiger charge is 2.39. The van der Waals surface area contributed by atoms with Gasteiger partial charge >= 0.3 is 0 Å². The largest absolute Gasteiger partial charge is 0.369 e. The molecule has 0 saturated heterocycles. The third-order valence-electron chi connectivity index (χ3n) is 5.78. The maximum absolute atomic E-state index is 14.6. The number of nitrogens with one attached hydrogen (secondary N) is 1. The summed E-state index contributed by atoms with van der Waals surface area (Å²) in [4.78, 5) is 17.2. The molecule has 1 fully saturated rings. The van der Waals surface area contributed by atoms with Crippen LogP contribution in [0, 0.1) is 5.82 Å². The molecule has 2 atom stereocenters. The molecule has 7 heteroatoms. The summed E-state index contributed by atoms with van der Waals surface area (Å²) in [6.07, 6.45) is 2.74. The molecule has 2 aliphatic heterocycles. The fraction of sp³-hybridized carbons (Fsp3) is 0.500. The molecule has 1 aromatic carbocycles. The van der Waals surface area contributed by atoms with Crippen LogP contribution in [0.15, 0.2) is 18.2 Å². The molecular formula is C20H23FN4O2. The van der Waals surface area contributed by atoms with Crippen molar-refractivity contribution in [2.75, 3.05) is 22.9 Å². The van der Waals surface area contributed by atoms with Gasteiger partial charge in [0.1, 0.15) is 5.82 Å². The molecule has 0 bridgehead atoms. The third-order valence-corrected chi connectivity index (χ3v) is 5.78. The van der Waals surface area contributed by atoms with E-state index in [1.807, 2.05) is 19.9 Å². The smallest absolute Gasteiger partial charge is 0.279 e. The number of ether oxygens (including phenoxy) is 1. The summed E-state index contributed by atoms with van der Waals surface area (Å²) in [6, 6.07) is 5.37. The summed E-state index contributed by atoms with van der Waals surface area (Å²) in [5, 5.41) is 7.30. The van der Waals surface area contributed by atoms with E-state index >= 15 is 0 Å². The van der Waals surface area contributed by atoms with Crippen LogP contribution in [0.4, 0.5) is 15.8 Å². The van der Waals surface area contributed by atoms with Gasteiger partial charge in [-0.05, 0) is 38.8 Å². The Morgan fingerprint density at radius 1 is 1.30 bits per heavy atom. The first-order chi connectivity index (χ1) is 13.0. The van der Waals surface area contributed by atoms with Gasteiger partial charge in [-0.1, -0.05) is 6.07 Å². The van der Waals surface area contributed by atoms with E-state index < -0.39 is 0 Å². The van der Waals surface area contributed by atoms with Crippen LogP contribution in [-0.2, 0) is 11.2 Å². The standard InChI is InChI=1S/C20H23FN4O2/c1-11-10-14-17(12(2)27-11)22-23-18(14)20(26)25-9-8-24(13-6-7-13)19-15(21)4-3-5-16(19)25/h3-5,11-13H,6-10H2,1-2H3,(H,22,23)/t11-,12+/m1/s1. The van der Waals surface area contributed by atoms with Crippen molar-refractivity contribution in [1.82, 2.24) is 10.2 Å². The maximum Gasteiger partial charge on any atom is 0.279 e. The van der Waals surface area contributed by atoms with Gasteiger partial charge in [0, 0.05) is 31.1 Å². The van der Waals surface area contributed by atoms with E-state index in [1.165, 1.54) is 6.07 Å². The molecular weight excluding hydrogens is 347 g/mol. The third kappa shape index (κ3) is 2.64. The van der Waals surface area contributed by atoms with Gasteiger partial charge in [-0.25, -0.2) is 4.39 Å². The fourth-order valence-corrected chi connectivity index (χ4v) is 4.39. The molecule has 0 spiro atoms. The number of hydrogen-bond donors (Lipinski definition) is 1. The zero-order valence-corrected chi connectivity index (χ0v) is 15.5. The van der Waals surface area contributed by atoms with E-state index in [2.05, 4.69) is 15.1 Å². The predicted molar refractivity (Wildman–Crippen MR) is 99.7 cm³/mol. The Kier molecular flexibility index (Phi) is 3.75.